The molecule has 2 aromatic carbocycles. The van der Waals surface area contributed by atoms with Crippen LogP contribution in [0, 0.1) is 10.1 Å². The number of amides is 1. The van der Waals surface area contributed by atoms with Crippen LogP contribution in [0.15, 0.2) is 48.5 Å². The number of nitrogens with zero attached hydrogens (tertiary/aromatic N) is 1. The third-order valence-corrected chi connectivity index (χ3v) is 3.43. The quantitative estimate of drug-likeness (QED) is 0.674. The lowest BCUT2D eigenvalue weighted by atomic mass is 10.0. The Bertz CT molecular complexity index is 758. The number of alkyl halides is 3. The molecule has 0 radical (unpaired) electrons. The van der Waals surface area contributed by atoms with Crippen molar-refractivity contribution < 1.29 is 22.9 Å². The van der Waals surface area contributed by atoms with Crippen LogP contribution < -0.4 is 5.32 Å². The first-order valence-corrected chi connectivity index (χ1v) is 6.91. The molecular weight excluding hydrogens is 325 g/mol. The zero-order chi connectivity index (χ0) is 17.9. The lowest BCUT2D eigenvalue weighted by Crippen LogP contribution is -2.27. The van der Waals surface area contributed by atoms with Crippen molar-refractivity contribution in [2.45, 2.75) is 19.1 Å². The molecule has 8 heteroatoms. The molecule has 2 aromatic rings. The van der Waals surface area contributed by atoms with Crippen molar-refractivity contribution >= 4 is 11.6 Å². The summed E-state index contributed by atoms with van der Waals surface area (Å²) < 4.78 is 37.6. The Balaban J connectivity index is 2.16. The van der Waals surface area contributed by atoms with E-state index in [2.05, 4.69) is 5.32 Å². The van der Waals surface area contributed by atoms with E-state index in [4.69, 9.17) is 0 Å². The fourth-order valence-corrected chi connectivity index (χ4v) is 2.14. The van der Waals surface area contributed by atoms with Crippen LogP contribution in [0.25, 0.3) is 0 Å². The van der Waals surface area contributed by atoms with Gasteiger partial charge in [-0.05, 0) is 30.7 Å². The van der Waals surface area contributed by atoms with Crippen molar-refractivity contribution in [3.63, 3.8) is 0 Å². The minimum Gasteiger partial charge on any atom is -0.345 e. The van der Waals surface area contributed by atoms with Gasteiger partial charge in [-0.3, -0.25) is 14.9 Å². The predicted molar refractivity (Wildman–Crippen MR) is 80.4 cm³/mol. The van der Waals surface area contributed by atoms with Crippen LogP contribution in [0.5, 0.6) is 0 Å². The fourth-order valence-electron chi connectivity index (χ4n) is 2.14. The fraction of sp³-hybridized carbons (Fsp3) is 0.188. The molecule has 5 nitrogen and oxygen atoms in total. The Morgan fingerprint density at radius 1 is 1.12 bits per heavy atom. The Labute approximate surface area is 135 Å². The van der Waals surface area contributed by atoms with Crippen LogP contribution in [0.2, 0.25) is 0 Å². The van der Waals surface area contributed by atoms with Gasteiger partial charge in [0.2, 0.25) is 0 Å². The van der Waals surface area contributed by atoms with Gasteiger partial charge in [0.05, 0.1) is 16.5 Å². The van der Waals surface area contributed by atoms with E-state index in [1.54, 1.807) is 6.92 Å². The third kappa shape index (κ3) is 3.89. The first-order valence-electron chi connectivity index (χ1n) is 6.91. The second-order valence-electron chi connectivity index (χ2n) is 5.09. The molecule has 0 aliphatic heterocycles. The normalized spacial score (nSPS) is 12.5. The van der Waals surface area contributed by atoms with E-state index in [9.17, 15) is 28.1 Å². The molecule has 0 saturated carbocycles. The molecule has 0 aliphatic rings. The number of halogens is 3. The number of benzene rings is 2. The first-order chi connectivity index (χ1) is 11.2. The summed E-state index contributed by atoms with van der Waals surface area (Å²) in [6.07, 6.45) is -4.43. The maximum absolute atomic E-state index is 12.5. The van der Waals surface area contributed by atoms with E-state index in [-0.39, 0.29) is 11.3 Å². The number of para-hydroxylation sites is 1. The van der Waals surface area contributed by atoms with Gasteiger partial charge in [0.25, 0.3) is 11.6 Å². The highest BCUT2D eigenvalue weighted by atomic mass is 19.4. The molecular formula is C16H13F3N2O3. The smallest absolute Gasteiger partial charge is 0.345 e. The molecule has 0 spiro atoms. The van der Waals surface area contributed by atoms with Gasteiger partial charge < -0.3 is 5.32 Å². The summed E-state index contributed by atoms with van der Waals surface area (Å²) in [5.41, 5.74) is -0.783. The molecule has 0 bridgehead atoms. The van der Waals surface area contributed by atoms with Crippen LogP contribution in [0.3, 0.4) is 0 Å². The van der Waals surface area contributed by atoms with Gasteiger partial charge >= 0.3 is 6.18 Å². The SMILES string of the molecule is CC(NC(=O)c1ccccc1[N+](=O)[O-])c1ccc(C(F)(F)F)cc1. The zero-order valence-electron chi connectivity index (χ0n) is 12.5. The van der Waals surface area contributed by atoms with E-state index in [0.717, 1.165) is 12.1 Å². The number of hydrogen-bond donors (Lipinski definition) is 1. The molecule has 1 N–H and O–H groups in total. The van der Waals surface area contributed by atoms with E-state index < -0.39 is 28.6 Å². The predicted octanol–water partition coefficient (Wildman–Crippen LogP) is 4.10. The standard InChI is InChI=1S/C16H13F3N2O3/c1-10(11-6-8-12(9-7-11)16(17,18)19)20-15(22)13-4-2-3-5-14(13)21(23)24/h2-10H,1H3,(H,20,22). The van der Waals surface area contributed by atoms with E-state index in [1.165, 1.54) is 36.4 Å². The number of hydrogen-bond acceptors (Lipinski definition) is 3. The molecule has 0 aliphatic carbocycles. The van der Waals surface area contributed by atoms with Gasteiger partial charge in [0.1, 0.15) is 5.56 Å². The molecule has 1 amide bonds. The third-order valence-electron chi connectivity index (χ3n) is 3.43. The minimum absolute atomic E-state index is 0.110. The minimum atomic E-state index is -4.43. The Hall–Kier alpha value is -2.90. The topological polar surface area (TPSA) is 72.2 Å². The molecule has 1 atom stereocenters. The lowest BCUT2D eigenvalue weighted by molar-refractivity contribution is -0.385. The second kappa shape index (κ2) is 6.69. The number of carbonyl (C=O) groups is 1. The summed E-state index contributed by atoms with van der Waals surface area (Å²) in [4.78, 5) is 22.4. The summed E-state index contributed by atoms with van der Waals surface area (Å²) in [6, 6.07) is 9.19. The van der Waals surface area contributed by atoms with Crippen LogP contribution in [0.1, 0.15) is 34.5 Å². The summed E-state index contributed by atoms with van der Waals surface area (Å²) in [7, 11) is 0. The number of nitrogens with one attached hydrogen (secondary N) is 1. The van der Waals surface area contributed by atoms with Gasteiger partial charge in [-0.2, -0.15) is 13.2 Å². The van der Waals surface area contributed by atoms with Crippen molar-refractivity contribution in [1.29, 1.82) is 0 Å². The van der Waals surface area contributed by atoms with Crippen LogP contribution in [0.4, 0.5) is 18.9 Å². The maximum atomic E-state index is 12.5. The van der Waals surface area contributed by atoms with Gasteiger partial charge in [0.15, 0.2) is 0 Å². The van der Waals surface area contributed by atoms with Crippen LogP contribution in [-0.2, 0) is 6.18 Å². The molecule has 0 saturated heterocycles. The van der Waals surface area contributed by atoms with Gasteiger partial charge in [-0.1, -0.05) is 24.3 Å². The monoisotopic (exact) mass is 338 g/mol. The molecule has 1 unspecified atom stereocenters. The van der Waals surface area contributed by atoms with Crippen LogP contribution in [-0.4, -0.2) is 10.8 Å². The summed E-state index contributed by atoms with van der Waals surface area (Å²) in [5, 5.41) is 13.5. The molecule has 0 aromatic heterocycles. The largest absolute Gasteiger partial charge is 0.416 e. The highest BCUT2D eigenvalue weighted by Gasteiger charge is 2.30. The molecule has 2 rings (SSSR count). The number of nitro groups is 1. The Morgan fingerprint density at radius 2 is 1.71 bits per heavy atom. The average Bonchev–Trinajstić information content (AvgIpc) is 2.54. The summed E-state index contributed by atoms with van der Waals surface area (Å²) in [5.74, 6) is -0.672. The van der Waals surface area contributed by atoms with E-state index in [1.807, 2.05) is 0 Å². The van der Waals surface area contributed by atoms with Crippen LogP contribution >= 0.6 is 0 Å². The Morgan fingerprint density at radius 3 is 2.25 bits per heavy atom. The zero-order valence-corrected chi connectivity index (χ0v) is 12.5. The summed E-state index contributed by atoms with van der Waals surface area (Å²) >= 11 is 0. The highest BCUT2D eigenvalue weighted by molar-refractivity contribution is 5.98. The lowest BCUT2D eigenvalue weighted by Gasteiger charge is -2.15. The van der Waals surface area contributed by atoms with Crippen molar-refractivity contribution in [3.8, 4) is 0 Å². The number of rotatable bonds is 4. The molecule has 24 heavy (non-hydrogen) atoms. The van der Waals surface area contributed by atoms with Crippen molar-refractivity contribution in [2.75, 3.05) is 0 Å². The van der Waals surface area contributed by atoms with E-state index >= 15 is 0 Å². The van der Waals surface area contributed by atoms with Gasteiger partial charge in [-0.25, -0.2) is 0 Å². The molecule has 0 heterocycles. The van der Waals surface area contributed by atoms with E-state index in [0.29, 0.717) is 5.56 Å². The van der Waals surface area contributed by atoms with Crippen molar-refractivity contribution in [2.24, 2.45) is 0 Å². The van der Waals surface area contributed by atoms with Gasteiger partial charge in [0, 0.05) is 6.07 Å². The Kier molecular flexibility index (Phi) is 4.87. The first kappa shape index (κ1) is 17.5. The van der Waals surface area contributed by atoms with Crippen molar-refractivity contribution in [1.82, 2.24) is 5.32 Å². The van der Waals surface area contributed by atoms with Crippen molar-refractivity contribution in [3.05, 3.63) is 75.3 Å². The maximum Gasteiger partial charge on any atom is 0.416 e. The molecule has 0 fully saturated rings. The number of nitro benzene ring substituents is 1. The highest BCUT2D eigenvalue weighted by Crippen LogP contribution is 2.30. The second-order valence-corrected chi connectivity index (χ2v) is 5.09. The summed E-state index contributed by atoms with van der Waals surface area (Å²) in [6.45, 7) is 1.58. The average molecular weight is 338 g/mol. The van der Waals surface area contributed by atoms with Gasteiger partial charge in [-0.15, -0.1) is 0 Å². The number of carbonyl (C=O) groups excluding carboxylic acids is 1. The molecule has 126 valence electrons.